The molecule has 25 heavy (non-hydrogen) atoms. The highest BCUT2D eigenvalue weighted by Crippen LogP contribution is 2.23. The van der Waals surface area contributed by atoms with Crippen molar-refractivity contribution in [1.29, 1.82) is 0 Å². The van der Waals surface area contributed by atoms with Gasteiger partial charge in [0.15, 0.2) is 5.78 Å². The van der Waals surface area contributed by atoms with E-state index in [-0.39, 0.29) is 11.7 Å². The third kappa shape index (κ3) is 3.80. The number of hydrogen-bond acceptors (Lipinski definition) is 3. The first-order valence-corrected chi connectivity index (χ1v) is 9.06. The van der Waals surface area contributed by atoms with Crippen molar-refractivity contribution in [3.05, 3.63) is 95.6 Å². The van der Waals surface area contributed by atoms with Gasteiger partial charge in [0.05, 0.1) is 11.3 Å². The molecule has 0 aliphatic carbocycles. The van der Waals surface area contributed by atoms with E-state index in [0.29, 0.717) is 22.4 Å². The summed E-state index contributed by atoms with van der Waals surface area (Å²) < 4.78 is 0. The van der Waals surface area contributed by atoms with Crippen molar-refractivity contribution in [2.24, 2.45) is 0 Å². The number of ketones is 1. The number of para-hydroxylation sites is 1. The molecular formula is C21H17NO2S. The van der Waals surface area contributed by atoms with Gasteiger partial charge in [-0.3, -0.25) is 9.59 Å². The van der Waals surface area contributed by atoms with Gasteiger partial charge in [-0.25, -0.2) is 0 Å². The molecule has 0 atom stereocenters. The number of carbonyl (C=O) groups excluding carboxylic acids is 2. The summed E-state index contributed by atoms with van der Waals surface area (Å²) in [6.07, 6.45) is 1.93. The Kier molecular flexibility index (Phi) is 5.31. The highest BCUT2D eigenvalue weighted by molar-refractivity contribution is 7.98. The van der Waals surface area contributed by atoms with E-state index in [1.165, 1.54) is 11.8 Å². The Labute approximate surface area is 151 Å². The molecule has 0 heterocycles. The molecule has 0 bridgehead atoms. The molecule has 1 amide bonds. The quantitative estimate of drug-likeness (QED) is 0.528. The van der Waals surface area contributed by atoms with E-state index in [1.807, 2.05) is 42.7 Å². The molecule has 0 fully saturated rings. The molecule has 4 heteroatoms. The van der Waals surface area contributed by atoms with Gasteiger partial charge < -0.3 is 5.32 Å². The van der Waals surface area contributed by atoms with Crippen molar-refractivity contribution in [3.8, 4) is 0 Å². The Bertz CT molecular complexity index is 907. The minimum absolute atomic E-state index is 0.116. The number of thioether (sulfide) groups is 1. The van der Waals surface area contributed by atoms with Crippen molar-refractivity contribution in [2.75, 3.05) is 11.6 Å². The van der Waals surface area contributed by atoms with Crippen LogP contribution in [0.4, 0.5) is 5.69 Å². The average molecular weight is 347 g/mol. The first-order valence-electron chi connectivity index (χ1n) is 7.84. The summed E-state index contributed by atoms with van der Waals surface area (Å²) in [4.78, 5) is 26.3. The zero-order valence-corrected chi connectivity index (χ0v) is 14.5. The van der Waals surface area contributed by atoms with Crippen LogP contribution in [0.15, 0.2) is 83.8 Å². The maximum atomic E-state index is 12.8. The zero-order valence-electron chi connectivity index (χ0n) is 13.7. The summed E-state index contributed by atoms with van der Waals surface area (Å²) in [6.45, 7) is 0. The Morgan fingerprint density at radius 1 is 0.760 bits per heavy atom. The Balaban J connectivity index is 1.91. The van der Waals surface area contributed by atoms with E-state index >= 15 is 0 Å². The first-order chi connectivity index (χ1) is 12.2. The summed E-state index contributed by atoms with van der Waals surface area (Å²) in [5.41, 5.74) is 2.17. The van der Waals surface area contributed by atoms with Crippen molar-refractivity contribution in [2.45, 2.75) is 4.90 Å². The maximum absolute atomic E-state index is 12.8. The van der Waals surface area contributed by atoms with Gasteiger partial charge in [0.1, 0.15) is 0 Å². The Hall–Kier alpha value is -2.85. The molecule has 1 N–H and O–H groups in total. The van der Waals surface area contributed by atoms with Crippen LogP contribution in [0.1, 0.15) is 26.3 Å². The smallest absolute Gasteiger partial charge is 0.256 e. The lowest BCUT2D eigenvalue weighted by atomic mass is 10.0. The van der Waals surface area contributed by atoms with Crippen molar-refractivity contribution >= 4 is 29.1 Å². The van der Waals surface area contributed by atoms with Gasteiger partial charge in [0.25, 0.3) is 5.91 Å². The van der Waals surface area contributed by atoms with Crippen LogP contribution in [0.2, 0.25) is 0 Å². The van der Waals surface area contributed by atoms with E-state index in [4.69, 9.17) is 0 Å². The van der Waals surface area contributed by atoms with Crippen LogP contribution < -0.4 is 5.32 Å². The van der Waals surface area contributed by atoms with E-state index in [0.717, 1.165) is 4.90 Å². The molecule has 124 valence electrons. The van der Waals surface area contributed by atoms with Crippen LogP contribution in [-0.4, -0.2) is 17.9 Å². The third-order valence-corrected chi connectivity index (χ3v) is 4.60. The SMILES string of the molecule is CSc1ccccc1C(=O)Nc1ccccc1C(=O)c1ccccc1. The summed E-state index contributed by atoms with van der Waals surface area (Å²) in [5.74, 6) is -0.340. The van der Waals surface area contributed by atoms with E-state index < -0.39 is 0 Å². The number of benzene rings is 3. The lowest BCUT2D eigenvalue weighted by Gasteiger charge is -2.12. The topological polar surface area (TPSA) is 46.2 Å². The molecule has 3 aromatic carbocycles. The van der Waals surface area contributed by atoms with Gasteiger partial charge in [0, 0.05) is 16.0 Å². The second kappa shape index (κ2) is 7.81. The number of carbonyl (C=O) groups is 2. The largest absolute Gasteiger partial charge is 0.321 e. The molecule has 0 aromatic heterocycles. The van der Waals surface area contributed by atoms with Gasteiger partial charge in [-0.1, -0.05) is 54.6 Å². The van der Waals surface area contributed by atoms with Crippen LogP contribution in [0.3, 0.4) is 0 Å². The molecule has 0 spiro atoms. The van der Waals surface area contributed by atoms with Crippen LogP contribution in [-0.2, 0) is 0 Å². The average Bonchev–Trinajstić information content (AvgIpc) is 2.68. The zero-order chi connectivity index (χ0) is 17.6. The third-order valence-electron chi connectivity index (χ3n) is 3.81. The van der Waals surface area contributed by atoms with E-state index in [9.17, 15) is 9.59 Å². The molecule has 0 unspecified atom stereocenters. The number of nitrogens with one attached hydrogen (secondary N) is 1. The van der Waals surface area contributed by atoms with Gasteiger partial charge in [-0.2, -0.15) is 0 Å². The fourth-order valence-electron chi connectivity index (χ4n) is 2.56. The standard InChI is InChI=1S/C21H17NO2S/c1-25-19-14-8-6-12-17(19)21(24)22-18-13-7-5-11-16(18)20(23)15-9-3-2-4-10-15/h2-14H,1H3,(H,22,24). The van der Waals surface area contributed by atoms with Gasteiger partial charge in [-0.15, -0.1) is 11.8 Å². The maximum Gasteiger partial charge on any atom is 0.256 e. The van der Waals surface area contributed by atoms with Crippen LogP contribution in [0.5, 0.6) is 0 Å². The molecule has 0 aliphatic rings. The number of anilines is 1. The second-order valence-electron chi connectivity index (χ2n) is 5.40. The van der Waals surface area contributed by atoms with Crippen LogP contribution in [0.25, 0.3) is 0 Å². The van der Waals surface area contributed by atoms with E-state index in [2.05, 4.69) is 5.32 Å². The van der Waals surface area contributed by atoms with E-state index in [1.54, 1.807) is 42.5 Å². The van der Waals surface area contributed by atoms with Crippen LogP contribution in [0, 0.1) is 0 Å². The summed E-state index contributed by atoms with van der Waals surface area (Å²) in [7, 11) is 0. The van der Waals surface area contributed by atoms with Gasteiger partial charge >= 0.3 is 0 Å². The number of amides is 1. The Morgan fingerprint density at radius 3 is 2.08 bits per heavy atom. The van der Waals surface area contributed by atoms with Crippen molar-refractivity contribution in [1.82, 2.24) is 0 Å². The predicted octanol–water partition coefficient (Wildman–Crippen LogP) is 4.89. The minimum atomic E-state index is -0.224. The number of hydrogen-bond donors (Lipinski definition) is 1. The van der Waals surface area contributed by atoms with Gasteiger partial charge in [-0.05, 0) is 30.5 Å². The highest BCUT2D eigenvalue weighted by atomic mass is 32.2. The second-order valence-corrected chi connectivity index (χ2v) is 6.24. The minimum Gasteiger partial charge on any atom is -0.321 e. The molecule has 0 saturated heterocycles. The predicted molar refractivity (Wildman–Crippen MR) is 102 cm³/mol. The molecule has 0 saturated carbocycles. The monoisotopic (exact) mass is 347 g/mol. The van der Waals surface area contributed by atoms with Gasteiger partial charge in [0.2, 0.25) is 0 Å². The summed E-state index contributed by atoms with van der Waals surface area (Å²) >= 11 is 1.51. The molecule has 0 radical (unpaired) electrons. The van der Waals surface area contributed by atoms with Crippen molar-refractivity contribution < 1.29 is 9.59 Å². The molecule has 3 nitrogen and oxygen atoms in total. The fraction of sp³-hybridized carbons (Fsp3) is 0.0476. The normalized spacial score (nSPS) is 10.3. The van der Waals surface area contributed by atoms with Crippen LogP contribution >= 0.6 is 11.8 Å². The Morgan fingerprint density at radius 2 is 1.36 bits per heavy atom. The highest BCUT2D eigenvalue weighted by Gasteiger charge is 2.16. The molecular weight excluding hydrogens is 330 g/mol. The number of rotatable bonds is 5. The van der Waals surface area contributed by atoms with Crippen molar-refractivity contribution in [3.63, 3.8) is 0 Å². The lowest BCUT2D eigenvalue weighted by molar-refractivity contribution is 0.102. The molecule has 3 aromatic rings. The summed E-state index contributed by atoms with van der Waals surface area (Å²) in [6, 6.07) is 23.5. The summed E-state index contributed by atoms with van der Waals surface area (Å²) in [5, 5.41) is 2.88. The lowest BCUT2D eigenvalue weighted by Crippen LogP contribution is -2.16. The molecule has 3 rings (SSSR count). The fourth-order valence-corrected chi connectivity index (χ4v) is 3.15. The molecule has 0 aliphatic heterocycles. The first kappa shape index (κ1) is 17.0.